The lowest BCUT2D eigenvalue weighted by Gasteiger charge is -2.18. The van der Waals surface area contributed by atoms with Crippen LogP contribution in [-0.2, 0) is 0 Å². The monoisotopic (exact) mass is 194 g/mol. The van der Waals surface area contributed by atoms with Crippen LogP contribution in [0.3, 0.4) is 0 Å². The van der Waals surface area contributed by atoms with E-state index in [1.165, 1.54) is 11.1 Å². The van der Waals surface area contributed by atoms with Gasteiger partial charge in [-0.25, -0.2) is 0 Å². The van der Waals surface area contributed by atoms with Gasteiger partial charge in [-0.15, -0.1) is 0 Å². The molecule has 0 bridgehead atoms. The predicted octanol–water partition coefficient (Wildman–Crippen LogP) is 4.97. The lowest BCUT2D eigenvalue weighted by Crippen LogP contribution is -2.04. The first-order chi connectivity index (χ1) is 6.01. The number of rotatable bonds is 1. The van der Waals surface area contributed by atoms with Crippen molar-refractivity contribution in [2.24, 2.45) is 10.8 Å². The highest BCUT2D eigenvalue weighted by atomic mass is 14.2. The summed E-state index contributed by atoms with van der Waals surface area (Å²) in [4.78, 5) is 0. The van der Waals surface area contributed by atoms with Crippen molar-refractivity contribution in [3.8, 4) is 0 Å². The minimum absolute atomic E-state index is 0.275. The zero-order valence-corrected chi connectivity index (χ0v) is 11.2. The van der Waals surface area contributed by atoms with Crippen LogP contribution in [0.15, 0.2) is 23.3 Å². The highest BCUT2D eigenvalue weighted by Gasteiger charge is 2.10. The van der Waals surface area contributed by atoms with E-state index >= 15 is 0 Å². The van der Waals surface area contributed by atoms with E-state index in [1.807, 2.05) is 0 Å². The van der Waals surface area contributed by atoms with Crippen LogP contribution in [0.1, 0.15) is 55.4 Å². The van der Waals surface area contributed by atoms with Crippen molar-refractivity contribution in [2.45, 2.75) is 55.4 Å². The fourth-order valence-electron chi connectivity index (χ4n) is 1.53. The average Bonchev–Trinajstić information content (AvgIpc) is 1.78. The Morgan fingerprint density at radius 1 is 0.643 bits per heavy atom. The van der Waals surface area contributed by atoms with Crippen LogP contribution in [0.25, 0.3) is 0 Å². The summed E-state index contributed by atoms with van der Waals surface area (Å²) >= 11 is 0. The first-order valence-corrected chi connectivity index (χ1v) is 5.40. The van der Waals surface area contributed by atoms with E-state index in [-0.39, 0.29) is 10.8 Å². The third-order valence-electron chi connectivity index (χ3n) is 1.92. The molecule has 0 saturated heterocycles. The molecule has 14 heavy (non-hydrogen) atoms. The van der Waals surface area contributed by atoms with Gasteiger partial charge in [-0.05, 0) is 24.7 Å². The third kappa shape index (κ3) is 6.94. The molecular formula is C14H26. The Kier molecular flexibility index (Phi) is 4.17. The molecule has 0 heterocycles. The predicted molar refractivity (Wildman–Crippen MR) is 66.4 cm³/mol. The molecule has 0 N–H and O–H groups in total. The maximum atomic E-state index is 2.34. The molecule has 0 aromatic rings. The quantitative estimate of drug-likeness (QED) is 0.517. The highest BCUT2D eigenvalue weighted by Crippen LogP contribution is 2.24. The summed E-state index contributed by atoms with van der Waals surface area (Å²) < 4.78 is 0. The standard InChI is InChI=1S/C14H26/c1-11(9-13(3,4)5)12(2)10-14(6,7)8/h9-10H,1-8H3/b11-9-,12-10+. The molecular weight excluding hydrogens is 168 g/mol. The maximum Gasteiger partial charge on any atom is -0.0197 e. The van der Waals surface area contributed by atoms with Gasteiger partial charge in [0.2, 0.25) is 0 Å². The van der Waals surface area contributed by atoms with Gasteiger partial charge in [0, 0.05) is 0 Å². The van der Waals surface area contributed by atoms with Crippen molar-refractivity contribution in [2.75, 3.05) is 0 Å². The van der Waals surface area contributed by atoms with Crippen LogP contribution >= 0.6 is 0 Å². The first kappa shape index (κ1) is 13.5. The molecule has 0 aromatic heterocycles. The Hall–Kier alpha value is -0.520. The fourth-order valence-corrected chi connectivity index (χ4v) is 1.53. The second kappa shape index (κ2) is 4.33. The molecule has 0 aromatic carbocycles. The van der Waals surface area contributed by atoms with Crippen molar-refractivity contribution in [3.63, 3.8) is 0 Å². The van der Waals surface area contributed by atoms with Crippen LogP contribution in [0.4, 0.5) is 0 Å². The molecule has 0 unspecified atom stereocenters. The van der Waals surface area contributed by atoms with Gasteiger partial charge in [-0.3, -0.25) is 0 Å². The maximum absolute atomic E-state index is 2.34. The molecule has 0 aliphatic carbocycles. The Morgan fingerprint density at radius 2 is 0.857 bits per heavy atom. The minimum Gasteiger partial charge on any atom is -0.0759 e. The molecule has 0 heteroatoms. The van der Waals surface area contributed by atoms with Gasteiger partial charge in [0.25, 0.3) is 0 Å². The van der Waals surface area contributed by atoms with E-state index in [2.05, 4.69) is 67.5 Å². The summed E-state index contributed by atoms with van der Waals surface area (Å²) in [6.45, 7) is 17.8. The van der Waals surface area contributed by atoms with Crippen LogP contribution in [0.2, 0.25) is 0 Å². The Balaban J connectivity index is 4.81. The third-order valence-corrected chi connectivity index (χ3v) is 1.92. The van der Waals surface area contributed by atoms with Gasteiger partial charge in [0.05, 0.1) is 0 Å². The summed E-state index contributed by atoms with van der Waals surface area (Å²) in [5.74, 6) is 0. The first-order valence-electron chi connectivity index (χ1n) is 5.40. The van der Waals surface area contributed by atoms with E-state index in [9.17, 15) is 0 Å². The largest absolute Gasteiger partial charge is 0.0759 e. The second-order valence-electron chi connectivity index (χ2n) is 6.39. The molecule has 0 aliphatic heterocycles. The molecule has 0 radical (unpaired) electrons. The molecule has 0 saturated carbocycles. The molecule has 0 amide bonds. The van der Waals surface area contributed by atoms with E-state index in [0.717, 1.165) is 0 Å². The SMILES string of the molecule is CC(=C/C(C)(C)C)/C(C)=C/C(C)(C)C. The molecule has 0 fully saturated rings. The van der Waals surface area contributed by atoms with Crippen LogP contribution < -0.4 is 0 Å². The molecule has 0 spiro atoms. The Labute approximate surface area is 90.1 Å². The Bertz CT molecular complexity index is 210. The zero-order chi connectivity index (χ0) is 11.6. The lowest BCUT2D eigenvalue weighted by molar-refractivity contribution is 0.533. The van der Waals surface area contributed by atoms with Gasteiger partial charge in [-0.2, -0.15) is 0 Å². The zero-order valence-electron chi connectivity index (χ0n) is 11.2. The molecule has 82 valence electrons. The average molecular weight is 194 g/mol. The Morgan fingerprint density at radius 3 is 1.00 bits per heavy atom. The normalized spacial score (nSPS) is 16.0. The van der Waals surface area contributed by atoms with Crippen molar-refractivity contribution in [1.29, 1.82) is 0 Å². The van der Waals surface area contributed by atoms with Crippen molar-refractivity contribution < 1.29 is 0 Å². The smallest absolute Gasteiger partial charge is 0.0197 e. The van der Waals surface area contributed by atoms with E-state index in [0.29, 0.717) is 0 Å². The number of hydrogen-bond donors (Lipinski definition) is 0. The summed E-state index contributed by atoms with van der Waals surface area (Å²) in [7, 11) is 0. The van der Waals surface area contributed by atoms with Gasteiger partial charge in [0.15, 0.2) is 0 Å². The van der Waals surface area contributed by atoms with Gasteiger partial charge < -0.3 is 0 Å². The summed E-state index contributed by atoms with van der Waals surface area (Å²) in [5.41, 5.74) is 3.34. The molecule has 0 atom stereocenters. The van der Waals surface area contributed by atoms with Crippen LogP contribution in [0.5, 0.6) is 0 Å². The van der Waals surface area contributed by atoms with E-state index in [4.69, 9.17) is 0 Å². The lowest BCUT2D eigenvalue weighted by atomic mass is 9.88. The van der Waals surface area contributed by atoms with Crippen molar-refractivity contribution in [1.82, 2.24) is 0 Å². The van der Waals surface area contributed by atoms with Crippen LogP contribution in [-0.4, -0.2) is 0 Å². The summed E-state index contributed by atoms with van der Waals surface area (Å²) in [6.07, 6.45) is 4.68. The van der Waals surface area contributed by atoms with E-state index in [1.54, 1.807) is 0 Å². The fraction of sp³-hybridized carbons (Fsp3) is 0.714. The summed E-state index contributed by atoms with van der Waals surface area (Å²) in [6, 6.07) is 0. The molecule has 0 aliphatic rings. The van der Waals surface area contributed by atoms with Crippen molar-refractivity contribution >= 4 is 0 Å². The highest BCUT2D eigenvalue weighted by molar-refractivity contribution is 5.29. The van der Waals surface area contributed by atoms with Crippen LogP contribution in [0, 0.1) is 10.8 Å². The van der Waals surface area contributed by atoms with Gasteiger partial charge in [0.1, 0.15) is 0 Å². The minimum atomic E-state index is 0.275. The van der Waals surface area contributed by atoms with Gasteiger partial charge in [-0.1, -0.05) is 64.8 Å². The number of allylic oxidation sites excluding steroid dienone is 4. The molecule has 0 rings (SSSR count). The molecule has 0 nitrogen and oxygen atoms in total. The number of hydrogen-bond acceptors (Lipinski definition) is 0. The second-order valence-corrected chi connectivity index (χ2v) is 6.39. The van der Waals surface area contributed by atoms with Gasteiger partial charge >= 0.3 is 0 Å². The topological polar surface area (TPSA) is 0 Å². The summed E-state index contributed by atoms with van der Waals surface area (Å²) in [5, 5.41) is 0. The van der Waals surface area contributed by atoms with E-state index < -0.39 is 0 Å². The van der Waals surface area contributed by atoms with Crippen molar-refractivity contribution in [3.05, 3.63) is 23.3 Å².